The molecule has 1 heterocycles. The summed E-state index contributed by atoms with van der Waals surface area (Å²) in [7, 11) is 0. The molecule has 0 bridgehead atoms. The molecule has 1 saturated heterocycles. The number of aliphatic hydroxyl groups is 1. The fourth-order valence-corrected chi connectivity index (χ4v) is 2.64. The van der Waals surface area contributed by atoms with Gasteiger partial charge in [0.25, 0.3) is 5.91 Å². The zero-order valence-corrected chi connectivity index (χ0v) is 12.3. The molecule has 3 nitrogen and oxygen atoms in total. The highest BCUT2D eigenvalue weighted by Crippen LogP contribution is 2.28. The number of halogens is 1. The third-order valence-corrected chi connectivity index (χ3v) is 4.27. The second-order valence-electron chi connectivity index (χ2n) is 5.10. The van der Waals surface area contributed by atoms with Crippen molar-refractivity contribution in [1.29, 1.82) is 0 Å². The monoisotopic (exact) mass is 311 g/mol. The van der Waals surface area contributed by atoms with Crippen LogP contribution in [0.25, 0.3) is 0 Å². The topological polar surface area (TPSA) is 40.5 Å². The Morgan fingerprint density at radius 2 is 2.17 bits per heavy atom. The molecule has 0 aromatic heterocycles. The molecule has 0 unspecified atom stereocenters. The summed E-state index contributed by atoms with van der Waals surface area (Å²) in [5, 5.41) is 10.1. The van der Waals surface area contributed by atoms with Crippen LogP contribution in [0.5, 0.6) is 0 Å². The zero-order chi connectivity index (χ0) is 13.3. The highest BCUT2D eigenvalue weighted by molar-refractivity contribution is 9.10. The molecule has 1 aromatic rings. The van der Waals surface area contributed by atoms with E-state index < -0.39 is 5.60 Å². The SMILES string of the molecule is CCCC1(O)CN(C(=O)c2ccc(Br)c(C)c2)C1. The zero-order valence-electron chi connectivity index (χ0n) is 10.7. The number of carbonyl (C=O) groups excluding carboxylic acids is 1. The minimum absolute atomic E-state index is 0.00591. The van der Waals surface area contributed by atoms with Crippen LogP contribution in [0.3, 0.4) is 0 Å². The minimum Gasteiger partial charge on any atom is -0.386 e. The van der Waals surface area contributed by atoms with Crippen LogP contribution in [-0.4, -0.2) is 34.6 Å². The van der Waals surface area contributed by atoms with E-state index in [2.05, 4.69) is 15.9 Å². The third-order valence-electron chi connectivity index (χ3n) is 3.38. The number of aryl methyl sites for hydroxylation is 1. The van der Waals surface area contributed by atoms with Crippen molar-refractivity contribution in [2.75, 3.05) is 13.1 Å². The second kappa shape index (κ2) is 5.02. The van der Waals surface area contributed by atoms with Gasteiger partial charge in [-0.3, -0.25) is 4.79 Å². The molecule has 0 atom stereocenters. The number of nitrogens with zero attached hydrogens (tertiary/aromatic N) is 1. The minimum atomic E-state index is -0.658. The molecular formula is C14H18BrNO2. The van der Waals surface area contributed by atoms with Gasteiger partial charge in [0.15, 0.2) is 0 Å². The first-order chi connectivity index (χ1) is 8.45. The van der Waals surface area contributed by atoms with E-state index in [1.165, 1.54) is 0 Å². The van der Waals surface area contributed by atoms with Crippen molar-refractivity contribution in [3.63, 3.8) is 0 Å². The fourth-order valence-electron chi connectivity index (χ4n) is 2.39. The lowest BCUT2D eigenvalue weighted by Gasteiger charge is -2.46. The van der Waals surface area contributed by atoms with Crippen LogP contribution in [0.4, 0.5) is 0 Å². The van der Waals surface area contributed by atoms with E-state index in [4.69, 9.17) is 0 Å². The molecule has 1 aliphatic rings. The summed E-state index contributed by atoms with van der Waals surface area (Å²) in [5.41, 5.74) is 1.08. The van der Waals surface area contributed by atoms with Crippen molar-refractivity contribution in [3.8, 4) is 0 Å². The lowest BCUT2D eigenvalue weighted by atomic mass is 9.88. The van der Waals surface area contributed by atoms with E-state index >= 15 is 0 Å². The fraction of sp³-hybridized carbons (Fsp3) is 0.500. The number of amides is 1. The molecule has 98 valence electrons. The Morgan fingerprint density at radius 3 is 2.72 bits per heavy atom. The van der Waals surface area contributed by atoms with Gasteiger partial charge in [-0.2, -0.15) is 0 Å². The van der Waals surface area contributed by atoms with Gasteiger partial charge in [-0.05, 0) is 37.1 Å². The molecule has 1 fully saturated rings. The van der Waals surface area contributed by atoms with Crippen molar-refractivity contribution in [2.24, 2.45) is 0 Å². The standard InChI is InChI=1S/C14H18BrNO2/c1-3-6-14(18)8-16(9-14)13(17)11-4-5-12(15)10(2)7-11/h4-5,7,18H,3,6,8-9H2,1-2H3. The smallest absolute Gasteiger partial charge is 0.254 e. The van der Waals surface area contributed by atoms with Gasteiger partial charge in [0.2, 0.25) is 0 Å². The van der Waals surface area contributed by atoms with E-state index in [0.29, 0.717) is 18.7 Å². The number of β-amino-alcohol motifs (C(OH)–C–C–N with tert-alkyl or cyclic N) is 1. The average molecular weight is 312 g/mol. The maximum atomic E-state index is 12.2. The number of hydrogen-bond acceptors (Lipinski definition) is 2. The molecule has 1 N–H and O–H groups in total. The maximum absolute atomic E-state index is 12.2. The van der Waals surface area contributed by atoms with Crippen LogP contribution in [0, 0.1) is 6.92 Å². The van der Waals surface area contributed by atoms with Crippen molar-refractivity contribution in [3.05, 3.63) is 33.8 Å². The number of carbonyl (C=O) groups is 1. The molecular weight excluding hydrogens is 294 g/mol. The lowest BCUT2D eigenvalue weighted by molar-refractivity contribution is -0.0860. The summed E-state index contributed by atoms with van der Waals surface area (Å²) in [5.74, 6) is 0.00591. The Kier molecular flexibility index (Phi) is 3.78. The van der Waals surface area contributed by atoms with Gasteiger partial charge in [0.1, 0.15) is 0 Å². The maximum Gasteiger partial charge on any atom is 0.254 e. The van der Waals surface area contributed by atoms with Crippen molar-refractivity contribution in [1.82, 2.24) is 4.90 Å². The van der Waals surface area contributed by atoms with Crippen LogP contribution in [0.1, 0.15) is 35.7 Å². The highest BCUT2D eigenvalue weighted by atomic mass is 79.9. The van der Waals surface area contributed by atoms with E-state index in [-0.39, 0.29) is 5.91 Å². The quantitative estimate of drug-likeness (QED) is 0.932. The van der Waals surface area contributed by atoms with Gasteiger partial charge in [0.05, 0.1) is 18.7 Å². The number of likely N-dealkylation sites (tertiary alicyclic amines) is 1. The largest absolute Gasteiger partial charge is 0.386 e. The van der Waals surface area contributed by atoms with Gasteiger partial charge in [0, 0.05) is 10.0 Å². The summed E-state index contributed by atoms with van der Waals surface area (Å²) in [6.07, 6.45) is 1.70. The normalized spacial score (nSPS) is 17.4. The summed E-state index contributed by atoms with van der Waals surface area (Å²) in [6.45, 7) is 4.91. The first-order valence-electron chi connectivity index (χ1n) is 6.23. The molecule has 18 heavy (non-hydrogen) atoms. The number of benzene rings is 1. The first-order valence-corrected chi connectivity index (χ1v) is 7.02. The van der Waals surface area contributed by atoms with E-state index in [0.717, 1.165) is 22.9 Å². The predicted molar refractivity (Wildman–Crippen MR) is 74.6 cm³/mol. The molecule has 0 saturated carbocycles. The van der Waals surface area contributed by atoms with Gasteiger partial charge in [-0.15, -0.1) is 0 Å². The summed E-state index contributed by atoms with van der Waals surface area (Å²) in [4.78, 5) is 13.9. The molecule has 0 aliphatic carbocycles. The molecule has 1 aromatic carbocycles. The number of rotatable bonds is 3. The Morgan fingerprint density at radius 1 is 1.50 bits per heavy atom. The second-order valence-corrected chi connectivity index (χ2v) is 5.95. The highest BCUT2D eigenvalue weighted by Gasteiger charge is 2.42. The Hall–Kier alpha value is -0.870. The van der Waals surface area contributed by atoms with Crippen molar-refractivity contribution < 1.29 is 9.90 Å². The van der Waals surface area contributed by atoms with Crippen LogP contribution in [-0.2, 0) is 0 Å². The molecule has 0 radical (unpaired) electrons. The molecule has 1 amide bonds. The van der Waals surface area contributed by atoms with Crippen LogP contribution < -0.4 is 0 Å². The van der Waals surface area contributed by atoms with Crippen LogP contribution >= 0.6 is 15.9 Å². The van der Waals surface area contributed by atoms with Crippen molar-refractivity contribution >= 4 is 21.8 Å². The van der Waals surface area contributed by atoms with E-state index in [1.54, 1.807) is 4.90 Å². The molecule has 2 rings (SSSR count). The van der Waals surface area contributed by atoms with Gasteiger partial charge in [-0.25, -0.2) is 0 Å². The summed E-state index contributed by atoms with van der Waals surface area (Å²) in [6, 6.07) is 5.58. The van der Waals surface area contributed by atoms with Crippen LogP contribution in [0.15, 0.2) is 22.7 Å². The van der Waals surface area contributed by atoms with Gasteiger partial charge in [-0.1, -0.05) is 29.3 Å². The first kappa shape index (κ1) is 13.6. The molecule has 1 aliphatic heterocycles. The Bertz CT molecular complexity index is 467. The summed E-state index contributed by atoms with van der Waals surface area (Å²) < 4.78 is 1.00. The molecule has 0 spiro atoms. The average Bonchev–Trinajstić information content (AvgIpc) is 2.29. The Labute approximate surface area is 116 Å². The van der Waals surface area contributed by atoms with Crippen LogP contribution in [0.2, 0.25) is 0 Å². The summed E-state index contributed by atoms with van der Waals surface area (Å²) >= 11 is 3.42. The third kappa shape index (κ3) is 2.59. The predicted octanol–water partition coefficient (Wildman–Crippen LogP) is 2.74. The van der Waals surface area contributed by atoms with E-state index in [9.17, 15) is 9.90 Å². The van der Waals surface area contributed by atoms with Crippen molar-refractivity contribution in [2.45, 2.75) is 32.3 Å². The van der Waals surface area contributed by atoms with Gasteiger partial charge < -0.3 is 10.0 Å². The lowest BCUT2D eigenvalue weighted by Crippen LogP contribution is -2.63. The van der Waals surface area contributed by atoms with E-state index in [1.807, 2.05) is 32.0 Å². The van der Waals surface area contributed by atoms with Gasteiger partial charge >= 0.3 is 0 Å². The molecule has 4 heteroatoms. The Balaban J connectivity index is 2.03. The number of hydrogen-bond donors (Lipinski definition) is 1.